The second-order valence-corrected chi connectivity index (χ2v) is 7.87. The van der Waals surface area contributed by atoms with Gasteiger partial charge in [-0.25, -0.2) is 9.37 Å². The van der Waals surface area contributed by atoms with Crippen LogP contribution in [0.25, 0.3) is 10.9 Å². The molecule has 1 aliphatic heterocycles. The minimum absolute atomic E-state index is 0.171. The van der Waals surface area contributed by atoms with Gasteiger partial charge in [0.05, 0.1) is 10.7 Å². The molecule has 0 atom stereocenters. The van der Waals surface area contributed by atoms with Crippen LogP contribution in [0.3, 0.4) is 0 Å². The maximum absolute atomic E-state index is 13.4. The van der Waals surface area contributed by atoms with Crippen LogP contribution >= 0.6 is 11.3 Å². The molecule has 0 unspecified atom stereocenters. The van der Waals surface area contributed by atoms with Gasteiger partial charge in [0, 0.05) is 68.3 Å². The van der Waals surface area contributed by atoms with E-state index in [4.69, 9.17) is 0 Å². The van der Waals surface area contributed by atoms with Crippen LogP contribution in [0.4, 0.5) is 4.39 Å². The lowest BCUT2D eigenvalue weighted by Crippen LogP contribution is -2.45. The molecule has 3 aromatic rings. The molecular formula is C19H23FN4S. The predicted octanol–water partition coefficient (Wildman–Crippen LogP) is 3.40. The zero-order valence-electron chi connectivity index (χ0n) is 14.7. The topological polar surface area (TPSA) is 24.3 Å². The Bertz CT molecular complexity index is 877. The monoisotopic (exact) mass is 358 g/mol. The SMILES string of the molecule is Cc1nc(CN2CCN(Cc3cc4cc(F)ccc4n3C)CC2)cs1. The Morgan fingerprint density at radius 2 is 1.80 bits per heavy atom. The Morgan fingerprint density at radius 3 is 2.48 bits per heavy atom. The summed E-state index contributed by atoms with van der Waals surface area (Å²) in [6.07, 6.45) is 0. The largest absolute Gasteiger partial charge is 0.346 e. The number of piperazine rings is 1. The Morgan fingerprint density at radius 1 is 1.08 bits per heavy atom. The number of aromatic nitrogens is 2. The molecule has 0 spiro atoms. The van der Waals surface area contributed by atoms with Crippen molar-refractivity contribution >= 4 is 22.2 Å². The summed E-state index contributed by atoms with van der Waals surface area (Å²) in [7, 11) is 2.07. The van der Waals surface area contributed by atoms with Crippen LogP contribution in [0.1, 0.15) is 16.4 Å². The van der Waals surface area contributed by atoms with Crippen LogP contribution in [0.5, 0.6) is 0 Å². The molecule has 4 rings (SSSR count). The van der Waals surface area contributed by atoms with Crippen molar-refractivity contribution in [1.82, 2.24) is 19.4 Å². The predicted molar refractivity (Wildman–Crippen MR) is 100 cm³/mol. The lowest BCUT2D eigenvalue weighted by Gasteiger charge is -2.34. The number of thiazole rings is 1. The second kappa shape index (κ2) is 6.86. The third-order valence-electron chi connectivity index (χ3n) is 5.01. The average Bonchev–Trinajstić information content (AvgIpc) is 3.13. The molecule has 0 N–H and O–H groups in total. The van der Waals surface area contributed by atoms with Crippen molar-refractivity contribution in [3.63, 3.8) is 0 Å². The third-order valence-corrected chi connectivity index (χ3v) is 5.83. The molecule has 0 radical (unpaired) electrons. The summed E-state index contributed by atoms with van der Waals surface area (Å²) in [6, 6.07) is 7.13. The molecule has 1 aliphatic rings. The van der Waals surface area contributed by atoms with Crippen molar-refractivity contribution in [2.45, 2.75) is 20.0 Å². The van der Waals surface area contributed by atoms with Gasteiger partial charge in [-0.2, -0.15) is 0 Å². The molecule has 2 aromatic heterocycles. The normalized spacial score (nSPS) is 16.8. The number of hydrogen-bond acceptors (Lipinski definition) is 4. The number of halogens is 1. The first kappa shape index (κ1) is 16.7. The summed E-state index contributed by atoms with van der Waals surface area (Å²) < 4.78 is 15.6. The average molecular weight is 358 g/mol. The molecule has 132 valence electrons. The maximum Gasteiger partial charge on any atom is 0.123 e. The van der Waals surface area contributed by atoms with E-state index in [-0.39, 0.29) is 5.82 Å². The zero-order valence-corrected chi connectivity index (χ0v) is 15.5. The molecule has 0 amide bonds. The highest BCUT2D eigenvalue weighted by molar-refractivity contribution is 7.09. The lowest BCUT2D eigenvalue weighted by molar-refractivity contribution is 0.119. The first-order chi connectivity index (χ1) is 12.1. The van der Waals surface area contributed by atoms with Crippen molar-refractivity contribution in [3.05, 3.63) is 51.9 Å². The summed E-state index contributed by atoms with van der Waals surface area (Å²) in [4.78, 5) is 9.52. The number of benzene rings is 1. The first-order valence-corrected chi connectivity index (χ1v) is 9.56. The fourth-order valence-corrected chi connectivity index (χ4v) is 4.18. The molecule has 25 heavy (non-hydrogen) atoms. The summed E-state index contributed by atoms with van der Waals surface area (Å²) in [5.74, 6) is -0.171. The number of hydrogen-bond donors (Lipinski definition) is 0. The second-order valence-electron chi connectivity index (χ2n) is 6.81. The van der Waals surface area contributed by atoms with E-state index >= 15 is 0 Å². The van der Waals surface area contributed by atoms with Crippen LogP contribution in [-0.2, 0) is 20.1 Å². The highest BCUT2D eigenvalue weighted by Crippen LogP contribution is 2.21. The summed E-state index contributed by atoms with van der Waals surface area (Å²) in [5, 5.41) is 4.28. The fourth-order valence-electron chi connectivity index (χ4n) is 3.57. The van der Waals surface area contributed by atoms with Gasteiger partial charge in [-0.15, -0.1) is 11.3 Å². The van der Waals surface area contributed by atoms with E-state index in [0.717, 1.165) is 55.2 Å². The van der Waals surface area contributed by atoms with Gasteiger partial charge < -0.3 is 4.57 Å². The smallest absolute Gasteiger partial charge is 0.123 e. The van der Waals surface area contributed by atoms with Gasteiger partial charge in [-0.3, -0.25) is 9.80 Å². The van der Waals surface area contributed by atoms with Gasteiger partial charge in [0.15, 0.2) is 0 Å². The lowest BCUT2D eigenvalue weighted by atomic mass is 10.2. The molecule has 1 saturated heterocycles. The Kier molecular flexibility index (Phi) is 4.58. The van der Waals surface area contributed by atoms with Gasteiger partial charge in [0.1, 0.15) is 5.82 Å². The van der Waals surface area contributed by atoms with Crippen LogP contribution < -0.4 is 0 Å². The Labute approximate surface area is 151 Å². The van der Waals surface area contributed by atoms with E-state index in [1.54, 1.807) is 17.4 Å². The molecule has 4 nitrogen and oxygen atoms in total. The quantitative estimate of drug-likeness (QED) is 0.714. The van der Waals surface area contributed by atoms with Crippen molar-refractivity contribution in [3.8, 4) is 0 Å². The van der Waals surface area contributed by atoms with Gasteiger partial charge in [0.2, 0.25) is 0 Å². The molecular weight excluding hydrogens is 335 g/mol. The number of nitrogens with zero attached hydrogens (tertiary/aromatic N) is 4. The number of rotatable bonds is 4. The standard InChI is InChI=1S/C19H23FN4S/c1-14-21-17(13-25-14)11-23-5-7-24(8-6-23)12-18-10-15-9-16(20)3-4-19(15)22(18)2/h3-4,9-10,13H,5-8,11-12H2,1-2H3. The minimum atomic E-state index is -0.171. The Hall–Kier alpha value is -1.76. The first-order valence-electron chi connectivity index (χ1n) is 8.68. The fraction of sp³-hybridized carbons (Fsp3) is 0.421. The molecule has 1 fully saturated rings. The molecule has 3 heterocycles. The molecule has 0 saturated carbocycles. The van der Waals surface area contributed by atoms with Crippen LogP contribution in [-0.4, -0.2) is 45.5 Å². The molecule has 0 bridgehead atoms. The van der Waals surface area contributed by atoms with Gasteiger partial charge >= 0.3 is 0 Å². The summed E-state index contributed by atoms with van der Waals surface area (Å²) in [6.45, 7) is 8.16. The highest BCUT2D eigenvalue weighted by Gasteiger charge is 2.19. The zero-order chi connectivity index (χ0) is 17.4. The van der Waals surface area contributed by atoms with Crippen molar-refractivity contribution < 1.29 is 4.39 Å². The Balaban J connectivity index is 1.38. The number of fused-ring (bicyclic) bond motifs is 1. The molecule has 0 aliphatic carbocycles. The van der Waals surface area contributed by atoms with E-state index in [0.29, 0.717) is 0 Å². The van der Waals surface area contributed by atoms with Gasteiger partial charge in [0.25, 0.3) is 0 Å². The van der Waals surface area contributed by atoms with E-state index in [9.17, 15) is 4.39 Å². The van der Waals surface area contributed by atoms with E-state index in [1.165, 1.54) is 17.5 Å². The van der Waals surface area contributed by atoms with Crippen LogP contribution in [0.2, 0.25) is 0 Å². The van der Waals surface area contributed by atoms with Gasteiger partial charge in [-0.05, 0) is 31.2 Å². The molecule has 1 aromatic carbocycles. The van der Waals surface area contributed by atoms with Crippen molar-refractivity contribution in [1.29, 1.82) is 0 Å². The van der Waals surface area contributed by atoms with Crippen LogP contribution in [0, 0.1) is 12.7 Å². The van der Waals surface area contributed by atoms with Gasteiger partial charge in [-0.1, -0.05) is 0 Å². The van der Waals surface area contributed by atoms with E-state index in [2.05, 4.69) is 44.8 Å². The number of aryl methyl sites for hydroxylation is 2. The summed E-state index contributed by atoms with van der Waals surface area (Å²) in [5.41, 5.74) is 3.52. The van der Waals surface area contributed by atoms with Crippen molar-refractivity contribution in [2.75, 3.05) is 26.2 Å². The van der Waals surface area contributed by atoms with Crippen molar-refractivity contribution in [2.24, 2.45) is 7.05 Å². The summed E-state index contributed by atoms with van der Waals surface area (Å²) >= 11 is 1.72. The molecule has 6 heteroatoms. The van der Waals surface area contributed by atoms with E-state index < -0.39 is 0 Å². The highest BCUT2D eigenvalue weighted by atomic mass is 32.1. The van der Waals surface area contributed by atoms with Crippen LogP contribution in [0.15, 0.2) is 29.6 Å². The minimum Gasteiger partial charge on any atom is -0.346 e. The maximum atomic E-state index is 13.4. The van der Waals surface area contributed by atoms with E-state index in [1.807, 2.05) is 6.07 Å². The third kappa shape index (κ3) is 3.61.